The van der Waals surface area contributed by atoms with Crippen molar-refractivity contribution in [2.24, 2.45) is 10.7 Å². The number of nitrogens with two attached hydrogens (primary N) is 2. The Kier molecular flexibility index (Phi) is 4.58. The zero-order valence-corrected chi connectivity index (χ0v) is 16.3. The van der Waals surface area contributed by atoms with Gasteiger partial charge in [-0.2, -0.15) is 0 Å². The highest BCUT2D eigenvalue weighted by Gasteiger charge is 2.42. The molecule has 2 aromatic carbocycles. The first-order chi connectivity index (χ1) is 14.0. The van der Waals surface area contributed by atoms with Gasteiger partial charge in [-0.05, 0) is 48.2 Å². The molecule has 0 fully saturated rings. The highest BCUT2D eigenvalue weighted by Crippen LogP contribution is 2.43. The molecule has 1 aliphatic heterocycles. The Labute approximate surface area is 168 Å². The minimum Gasteiger partial charge on any atom is -0.495 e. The highest BCUT2D eigenvalue weighted by molar-refractivity contribution is 6.25. The second kappa shape index (κ2) is 7.09. The largest absolute Gasteiger partial charge is 0.495 e. The summed E-state index contributed by atoms with van der Waals surface area (Å²) in [5.41, 5.74) is 16.4. The van der Waals surface area contributed by atoms with Crippen LogP contribution in [0.3, 0.4) is 0 Å². The number of carbonyl (C=O) groups excluding carboxylic acids is 2. The first-order valence-electron chi connectivity index (χ1n) is 9.34. The van der Waals surface area contributed by atoms with Gasteiger partial charge in [0.05, 0.1) is 30.0 Å². The van der Waals surface area contributed by atoms with Gasteiger partial charge in [-0.15, -0.1) is 0 Å². The van der Waals surface area contributed by atoms with E-state index < -0.39 is 6.04 Å². The molecule has 2 amide bonds. The lowest BCUT2D eigenvalue weighted by molar-refractivity contribution is 0.0575. The van der Waals surface area contributed by atoms with Crippen LogP contribution >= 0.6 is 0 Å². The number of benzene rings is 2. The molecule has 7 nitrogen and oxygen atoms in total. The molecule has 1 atom stereocenters. The maximum atomic E-state index is 13.1. The molecule has 29 heavy (non-hydrogen) atoms. The Balaban J connectivity index is 1.92. The van der Waals surface area contributed by atoms with Crippen molar-refractivity contribution in [2.75, 3.05) is 19.9 Å². The number of methoxy groups -OCH3 is 1. The van der Waals surface area contributed by atoms with Gasteiger partial charge >= 0.3 is 0 Å². The monoisotopic (exact) mass is 390 g/mol. The molecule has 7 heteroatoms. The van der Waals surface area contributed by atoms with E-state index >= 15 is 0 Å². The van der Waals surface area contributed by atoms with Crippen LogP contribution < -0.4 is 16.2 Å². The fraction of sp³-hybridized carbons (Fsp3) is 0.227. The van der Waals surface area contributed by atoms with Crippen LogP contribution in [-0.4, -0.2) is 36.6 Å². The lowest BCUT2D eigenvalue weighted by Gasteiger charge is -2.27. The number of rotatable bonds is 2. The average Bonchev–Trinajstić information content (AvgIpc) is 2.89. The Morgan fingerprint density at radius 3 is 2.34 bits per heavy atom. The summed E-state index contributed by atoms with van der Waals surface area (Å²) >= 11 is 0. The number of amides is 2. The summed E-state index contributed by atoms with van der Waals surface area (Å²) in [6.45, 7) is 0. The van der Waals surface area contributed by atoms with Crippen LogP contribution in [0.1, 0.15) is 50.7 Å². The lowest BCUT2D eigenvalue weighted by atomic mass is 9.94. The average molecular weight is 390 g/mol. The number of ether oxygens (including phenoxy) is 1. The summed E-state index contributed by atoms with van der Waals surface area (Å²) in [6, 6.07) is 9.96. The summed E-state index contributed by atoms with van der Waals surface area (Å²) < 4.78 is 5.41. The molecule has 0 saturated carbocycles. The number of nitrogen functional groups attached to an aromatic ring is 1. The minimum absolute atomic E-state index is 0.299. The number of anilines is 1. The second-order valence-electron chi connectivity index (χ2n) is 7.01. The molecule has 0 saturated heterocycles. The molecule has 0 spiro atoms. The van der Waals surface area contributed by atoms with Crippen molar-refractivity contribution >= 4 is 28.8 Å². The molecule has 4 N–H and O–H groups in total. The van der Waals surface area contributed by atoms with E-state index in [-0.39, 0.29) is 11.8 Å². The third-order valence-corrected chi connectivity index (χ3v) is 5.59. The van der Waals surface area contributed by atoms with Gasteiger partial charge in [0.25, 0.3) is 11.8 Å². The van der Waals surface area contributed by atoms with Gasteiger partial charge in [-0.3, -0.25) is 19.5 Å². The van der Waals surface area contributed by atoms with Crippen LogP contribution in [0.2, 0.25) is 0 Å². The molecular weight excluding hydrogens is 368 g/mol. The topological polar surface area (TPSA) is 111 Å². The van der Waals surface area contributed by atoms with Gasteiger partial charge in [-0.1, -0.05) is 12.1 Å². The van der Waals surface area contributed by atoms with Crippen LogP contribution in [0, 0.1) is 0 Å². The van der Waals surface area contributed by atoms with Crippen LogP contribution in [0.5, 0.6) is 5.75 Å². The standard InChI is InChI=1S/C22H22N4O3/c1-25-18-7-8-19(26-21(27)12-5-3-4-6-13(12)22(26)28)15-10-20(29-2)17(24)9-14(15)16(18)11-23/h3-6,9-11,19H,7-8,23-24H2,1-2H3. The van der Waals surface area contributed by atoms with Gasteiger partial charge in [0, 0.05) is 24.5 Å². The van der Waals surface area contributed by atoms with E-state index in [4.69, 9.17) is 16.2 Å². The van der Waals surface area contributed by atoms with Crippen molar-refractivity contribution in [2.45, 2.75) is 18.9 Å². The molecule has 0 aromatic heterocycles. The van der Waals surface area contributed by atoms with Gasteiger partial charge in [-0.25, -0.2) is 0 Å². The van der Waals surface area contributed by atoms with E-state index in [0.717, 1.165) is 22.4 Å². The fourth-order valence-electron chi connectivity index (χ4n) is 4.19. The van der Waals surface area contributed by atoms with Crippen molar-refractivity contribution in [1.82, 2.24) is 4.90 Å². The van der Waals surface area contributed by atoms with Crippen molar-refractivity contribution < 1.29 is 14.3 Å². The smallest absolute Gasteiger partial charge is 0.262 e. The van der Waals surface area contributed by atoms with Crippen molar-refractivity contribution in [3.8, 4) is 5.75 Å². The quantitative estimate of drug-likeness (QED) is 0.465. The second-order valence-corrected chi connectivity index (χ2v) is 7.01. The number of fused-ring (bicyclic) bond motifs is 2. The van der Waals surface area contributed by atoms with E-state index in [1.807, 2.05) is 0 Å². The SMILES string of the molecule is CN=C1CCC(N2C(=O)c3ccccc3C2=O)c2cc(OC)c(N)cc2C1=CN. The van der Waals surface area contributed by atoms with Crippen LogP contribution in [0.25, 0.3) is 5.57 Å². The van der Waals surface area contributed by atoms with Crippen LogP contribution in [-0.2, 0) is 0 Å². The number of hydrogen-bond donors (Lipinski definition) is 2. The molecule has 1 unspecified atom stereocenters. The zero-order valence-electron chi connectivity index (χ0n) is 16.3. The number of aliphatic imine (C=N–C) groups is 1. The molecule has 0 radical (unpaired) electrons. The Bertz CT molecular complexity index is 1050. The van der Waals surface area contributed by atoms with E-state index in [0.29, 0.717) is 35.4 Å². The third-order valence-electron chi connectivity index (χ3n) is 5.59. The first kappa shape index (κ1) is 18.7. The van der Waals surface area contributed by atoms with E-state index in [9.17, 15) is 9.59 Å². The van der Waals surface area contributed by atoms with Gasteiger partial charge in [0.1, 0.15) is 5.75 Å². The third kappa shape index (κ3) is 2.77. The fourth-order valence-corrected chi connectivity index (χ4v) is 4.19. The summed E-state index contributed by atoms with van der Waals surface area (Å²) in [5, 5.41) is 0. The van der Waals surface area contributed by atoms with Crippen molar-refractivity contribution in [1.29, 1.82) is 0 Å². The predicted octanol–water partition coefficient (Wildman–Crippen LogP) is 2.78. The van der Waals surface area contributed by atoms with E-state index in [1.54, 1.807) is 43.4 Å². The number of nitrogens with zero attached hydrogens (tertiary/aromatic N) is 2. The predicted molar refractivity (Wildman–Crippen MR) is 112 cm³/mol. The Hall–Kier alpha value is -3.61. The van der Waals surface area contributed by atoms with Gasteiger partial charge < -0.3 is 16.2 Å². The molecule has 1 heterocycles. The molecule has 4 rings (SSSR count). The summed E-state index contributed by atoms with van der Waals surface area (Å²) in [7, 11) is 3.23. The maximum Gasteiger partial charge on any atom is 0.262 e. The maximum absolute atomic E-state index is 13.1. The summed E-state index contributed by atoms with van der Waals surface area (Å²) in [4.78, 5) is 32.0. The van der Waals surface area contributed by atoms with Crippen molar-refractivity contribution in [3.63, 3.8) is 0 Å². The minimum atomic E-state index is -0.485. The molecule has 2 aliphatic rings. The normalized spacial score (nSPS) is 21.3. The summed E-state index contributed by atoms with van der Waals surface area (Å²) in [5.74, 6) is -0.112. The zero-order chi connectivity index (χ0) is 20.7. The number of carbonyl (C=O) groups is 2. The molecule has 0 bridgehead atoms. The number of allylic oxidation sites excluding steroid dienone is 1. The number of imide groups is 1. The summed E-state index contributed by atoms with van der Waals surface area (Å²) in [6.07, 6.45) is 2.59. The lowest BCUT2D eigenvalue weighted by Crippen LogP contribution is -2.34. The van der Waals surface area contributed by atoms with E-state index in [2.05, 4.69) is 4.99 Å². The van der Waals surface area contributed by atoms with Crippen molar-refractivity contribution in [3.05, 3.63) is 64.9 Å². The van der Waals surface area contributed by atoms with Gasteiger partial charge in [0.15, 0.2) is 0 Å². The molecule has 148 valence electrons. The van der Waals surface area contributed by atoms with E-state index in [1.165, 1.54) is 18.2 Å². The molecule has 2 aromatic rings. The molecular formula is C22H22N4O3. The van der Waals surface area contributed by atoms with Crippen LogP contribution in [0.15, 0.2) is 47.6 Å². The highest BCUT2D eigenvalue weighted by atomic mass is 16.5. The first-order valence-corrected chi connectivity index (χ1v) is 9.34. The van der Waals surface area contributed by atoms with Gasteiger partial charge in [0.2, 0.25) is 0 Å². The molecule has 1 aliphatic carbocycles. The number of hydrogen-bond acceptors (Lipinski definition) is 6. The van der Waals surface area contributed by atoms with Crippen LogP contribution in [0.4, 0.5) is 5.69 Å². The Morgan fingerprint density at radius 2 is 1.79 bits per heavy atom. The Morgan fingerprint density at radius 1 is 1.14 bits per heavy atom.